The Balaban J connectivity index is 2.12. The van der Waals surface area contributed by atoms with E-state index in [9.17, 15) is 9.18 Å². The van der Waals surface area contributed by atoms with E-state index in [1.807, 2.05) is 18.2 Å². The molecule has 4 heteroatoms. The van der Waals surface area contributed by atoms with Gasteiger partial charge in [-0.25, -0.2) is 4.39 Å². The van der Waals surface area contributed by atoms with Gasteiger partial charge in [0.2, 0.25) is 0 Å². The van der Waals surface area contributed by atoms with Crippen LogP contribution in [0.15, 0.2) is 48.5 Å². The first-order valence-corrected chi connectivity index (χ1v) is 5.92. The third-order valence-electron chi connectivity index (χ3n) is 2.79. The fourth-order valence-corrected chi connectivity index (χ4v) is 1.88. The van der Waals surface area contributed by atoms with Crippen LogP contribution >= 0.6 is 0 Å². The molecule has 0 heterocycles. The van der Waals surface area contributed by atoms with Crippen LogP contribution in [0.4, 0.5) is 10.1 Å². The maximum absolute atomic E-state index is 13.1. The zero-order valence-electron chi connectivity index (χ0n) is 10.6. The van der Waals surface area contributed by atoms with Gasteiger partial charge in [-0.15, -0.1) is 0 Å². The summed E-state index contributed by atoms with van der Waals surface area (Å²) in [7, 11) is 1.68. The Labute approximate surface area is 111 Å². The lowest BCUT2D eigenvalue weighted by molar-refractivity contribution is 0.0784. The monoisotopic (exact) mass is 258 g/mol. The summed E-state index contributed by atoms with van der Waals surface area (Å²) in [5.41, 5.74) is 7.62. The first-order chi connectivity index (χ1) is 9.06. The molecule has 2 aromatic rings. The highest BCUT2D eigenvalue weighted by atomic mass is 19.1. The number of benzene rings is 2. The molecule has 2 N–H and O–H groups in total. The van der Waals surface area contributed by atoms with Crippen molar-refractivity contribution in [2.75, 3.05) is 12.8 Å². The average molecular weight is 258 g/mol. The van der Waals surface area contributed by atoms with Gasteiger partial charge in [0.05, 0.1) is 0 Å². The number of hydrogen-bond acceptors (Lipinski definition) is 2. The zero-order valence-corrected chi connectivity index (χ0v) is 10.6. The minimum atomic E-state index is -0.414. The lowest BCUT2D eigenvalue weighted by Gasteiger charge is -2.17. The summed E-state index contributed by atoms with van der Waals surface area (Å²) in [6.45, 7) is 0.431. The van der Waals surface area contributed by atoms with Gasteiger partial charge in [-0.3, -0.25) is 4.79 Å². The van der Waals surface area contributed by atoms with Crippen LogP contribution in [-0.4, -0.2) is 17.9 Å². The minimum absolute atomic E-state index is 0.220. The van der Waals surface area contributed by atoms with Crippen LogP contribution in [0, 0.1) is 5.82 Å². The van der Waals surface area contributed by atoms with E-state index in [1.165, 1.54) is 23.1 Å². The summed E-state index contributed by atoms with van der Waals surface area (Å²) in [4.78, 5) is 13.6. The molecular weight excluding hydrogens is 243 g/mol. The highest BCUT2D eigenvalue weighted by Gasteiger charge is 2.12. The van der Waals surface area contributed by atoms with E-state index in [4.69, 9.17) is 5.73 Å². The largest absolute Gasteiger partial charge is 0.399 e. The summed E-state index contributed by atoms with van der Waals surface area (Å²) in [6.07, 6.45) is 0. The standard InChI is InChI=1S/C15H15FN2O/c1-18(10-11-4-2-7-14(17)8-11)15(19)12-5-3-6-13(16)9-12/h2-9H,10,17H2,1H3. The van der Waals surface area contributed by atoms with E-state index in [0.29, 0.717) is 17.8 Å². The van der Waals surface area contributed by atoms with E-state index in [0.717, 1.165) is 5.56 Å². The van der Waals surface area contributed by atoms with E-state index in [2.05, 4.69) is 0 Å². The van der Waals surface area contributed by atoms with Crippen LogP contribution in [0.5, 0.6) is 0 Å². The van der Waals surface area contributed by atoms with Gasteiger partial charge in [-0.1, -0.05) is 18.2 Å². The van der Waals surface area contributed by atoms with Crippen LogP contribution < -0.4 is 5.73 Å². The summed E-state index contributed by atoms with van der Waals surface area (Å²) in [5, 5.41) is 0. The molecule has 0 atom stereocenters. The number of nitrogen functional groups attached to an aromatic ring is 1. The maximum Gasteiger partial charge on any atom is 0.253 e. The predicted molar refractivity (Wildman–Crippen MR) is 73.1 cm³/mol. The van der Waals surface area contributed by atoms with Gasteiger partial charge in [0.15, 0.2) is 0 Å². The molecule has 2 rings (SSSR count). The van der Waals surface area contributed by atoms with Gasteiger partial charge in [-0.2, -0.15) is 0 Å². The molecule has 0 radical (unpaired) electrons. The Morgan fingerprint density at radius 1 is 1.21 bits per heavy atom. The highest BCUT2D eigenvalue weighted by Crippen LogP contribution is 2.12. The van der Waals surface area contributed by atoms with Gasteiger partial charge >= 0.3 is 0 Å². The minimum Gasteiger partial charge on any atom is -0.399 e. The Hall–Kier alpha value is -2.36. The molecule has 0 spiro atoms. The number of amides is 1. The zero-order chi connectivity index (χ0) is 13.8. The van der Waals surface area contributed by atoms with Crippen molar-refractivity contribution in [3.63, 3.8) is 0 Å². The number of anilines is 1. The summed E-state index contributed by atoms with van der Waals surface area (Å²) >= 11 is 0. The fraction of sp³-hybridized carbons (Fsp3) is 0.133. The number of halogens is 1. The normalized spacial score (nSPS) is 10.2. The number of carbonyl (C=O) groups excluding carboxylic acids is 1. The second kappa shape index (κ2) is 5.52. The van der Waals surface area contributed by atoms with Gasteiger partial charge < -0.3 is 10.6 Å². The highest BCUT2D eigenvalue weighted by molar-refractivity contribution is 5.94. The molecule has 1 amide bonds. The summed E-state index contributed by atoms with van der Waals surface area (Å²) in [5.74, 6) is -0.634. The maximum atomic E-state index is 13.1. The lowest BCUT2D eigenvalue weighted by Crippen LogP contribution is -2.26. The third kappa shape index (κ3) is 3.31. The molecule has 0 bridgehead atoms. The van der Waals surface area contributed by atoms with Crippen molar-refractivity contribution in [2.24, 2.45) is 0 Å². The van der Waals surface area contributed by atoms with Gasteiger partial charge in [0.1, 0.15) is 5.82 Å². The number of rotatable bonds is 3. The molecule has 2 aromatic carbocycles. The Morgan fingerprint density at radius 2 is 1.95 bits per heavy atom. The predicted octanol–water partition coefficient (Wildman–Crippen LogP) is 2.68. The van der Waals surface area contributed by atoms with E-state index in [-0.39, 0.29) is 5.91 Å². The Bertz CT molecular complexity index is 598. The van der Waals surface area contributed by atoms with Crippen LogP contribution in [0.1, 0.15) is 15.9 Å². The SMILES string of the molecule is CN(Cc1cccc(N)c1)C(=O)c1cccc(F)c1. The second-order valence-electron chi connectivity index (χ2n) is 4.42. The number of carbonyl (C=O) groups is 1. The van der Waals surface area contributed by atoms with E-state index >= 15 is 0 Å². The van der Waals surface area contributed by atoms with Crippen molar-refractivity contribution in [3.8, 4) is 0 Å². The average Bonchev–Trinajstić information content (AvgIpc) is 2.38. The van der Waals surface area contributed by atoms with E-state index < -0.39 is 5.82 Å². The van der Waals surface area contributed by atoms with Crippen LogP contribution in [0.3, 0.4) is 0 Å². The van der Waals surface area contributed by atoms with E-state index in [1.54, 1.807) is 19.2 Å². The number of nitrogens with two attached hydrogens (primary N) is 1. The molecule has 0 fully saturated rings. The van der Waals surface area contributed by atoms with Crippen molar-refractivity contribution in [1.82, 2.24) is 4.90 Å². The molecule has 3 nitrogen and oxygen atoms in total. The lowest BCUT2D eigenvalue weighted by atomic mass is 10.1. The Kier molecular flexibility index (Phi) is 3.80. The molecule has 0 saturated carbocycles. The van der Waals surface area contributed by atoms with Gasteiger partial charge in [0.25, 0.3) is 5.91 Å². The second-order valence-corrected chi connectivity index (χ2v) is 4.42. The molecule has 0 aliphatic carbocycles. The molecule has 0 saturated heterocycles. The van der Waals surface area contributed by atoms with Gasteiger partial charge in [-0.05, 0) is 35.9 Å². The molecular formula is C15H15FN2O. The van der Waals surface area contributed by atoms with Crippen LogP contribution in [0.25, 0.3) is 0 Å². The number of nitrogens with zero attached hydrogens (tertiary/aromatic N) is 1. The summed E-state index contributed by atoms with van der Waals surface area (Å²) < 4.78 is 13.1. The molecule has 0 aliphatic heterocycles. The smallest absolute Gasteiger partial charge is 0.253 e. The quantitative estimate of drug-likeness (QED) is 0.860. The van der Waals surface area contributed by atoms with Gasteiger partial charge in [0, 0.05) is 24.8 Å². The first kappa shape index (κ1) is 13.1. The molecule has 0 unspecified atom stereocenters. The van der Waals surface area contributed by atoms with Crippen molar-refractivity contribution < 1.29 is 9.18 Å². The van der Waals surface area contributed by atoms with Crippen LogP contribution in [0.2, 0.25) is 0 Å². The molecule has 0 aliphatic rings. The first-order valence-electron chi connectivity index (χ1n) is 5.92. The van der Waals surface area contributed by atoms with Crippen molar-refractivity contribution in [3.05, 3.63) is 65.5 Å². The van der Waals surface area contributed by atoms with Crippen molar-refractivity contribution in [1.29, 1.82) is 0 Å². The molecule has 98 valence electrons. The fourth-order valence-electron chi connectivity index (χ4n) is 1.88. The Morgan fingerprint density at radius 3 is 2.63 bits per heavy atom. The van der Waals surface area contributed by atoms with Crippen molar-refractivity contribution >= 4 is 11.6 Å². The topological polar surface area (TPSA) is 46.3 Å². The van der Waals surface area contributed by atoms with Crippen molar-refractivity contribution in [2.45, 2.75) is 6.54 Å². The van der Waals surface area contributed by atoms with Crippen LogP contribution in [-0.2, 0) is 6.54 Å². The molecule has 0 aromatic heterocycles. The summed E-state index contributed by atoms with van der Waals surface area (Å²) in [6, 6.07) is 13.0. The number of hydrogen-bond donors (Lipinski definition) is 1. The molecule has 19 heavy (non-hydrogen) atoms. The third-order valence-corrected chi connectivity index (χ3v) is 2.79.